The summed E-state index contributed by atoms with van der Waals surface area (Å²) in [5.74, 6) is 1.89. The molecule has 1 N–H and O–H groups in total. The lowest BCUT2D eigenvalue weighted by Crippen LogP contribution is -2.37. The Labute approximate surface area is 137 Å². The Kier molecular flexibility index (Phi) is 3.95. The van der Waals surface area contributed by atoms with Crippen LogP contribution >= 0.6 is 0 Å². The Morgan fingerprint density at radius 2 is 1.87 bits per heavy atom. The summed E-state index contributed by atoms with van der Waals surface area (Å²) in [6.07, 6.45) is 9.32. The van der Waals surface area contributed by atoms with Gasteiger partial charge in [0.25, 0.3) is 0 Å². The molecule has 2 aliphatic rings. The van der Waals surface area contributed by atoms with Crippen molar-refractivity contribution in [2.45, 2.75) is 38.1 Å². The van der Waals surface area contributed by atoms with E-state index < -0.39 is 0 Å². The predicted molar refractivity (Wildman–Crippen MR) is 91.4 cm³/mol. The van der Waals surface area contributed by atoms with E-state index in [1.165, 1.54) is 30.5 Å². The minimum Gasteiger partial charge on any atom is -0.367 e. The van der Waals surface area contributed by atoms with Crippen molar-refractivity contribution in [2.24, 2.45) is 0 Å². The van der Waals surface area contributed by atoms with Gasteiger partial charge in [0.1, 0.15) is 5.82 Å². The molecule has 3 heterocycles. The van der Waals surface area contributed by atoms with Crippen molar-refractivity contribution in [3.05, 3.63) is 35.8 Å². The first kappa shape index (κ1) is 14.6. The number of aromatic nitrogens is 3. The maximum absolute atomic E-state index is 4.86. The molecule has 0 unspecified atom stereocenters. The van der Waals surface area contributed by atoms with E-state index in [0.717, 1.165) is 43.1 Å². The first-order valence-electron chi connectivity index (χ1n) is 8.55. The Morgan fingerprint density at radius 1 is 1.09 bits per heavy atom. The predicted octanol–water partition coefficient (Wildman–Crippen LogP) is 2.53. The summed E-state index contributed by atoms with van der Waals surface area (Å²) in [5.41, 5.74) is 3.60. The number of anilines is 1. The SMILES string of the molecule is CN1CCC(Nc2nc(-c3ccncc3)nc3c2CCC3)CC1. The summed E-state index contributed by atoms with van der Waals surface area (Å²) in [7, 11) is 2.19. The lowest BCUT2D eigenvalue weighted by atomic mass is 10.1. The second-order valence-corrected chi connectivity index (χ2v) is 6.63. The smallest absolute Gasteiger partial charge is 0.161 e. The number of nitrogens with one attached hydrogen (secondary N) is 1. The summed E-state index contributed by atoms with van der Waals surface area (Å²) in [5, 5.41) is 3.72. The first-order valence-corrected chi connectivity index (χ1v) is 8.55. The van der Waals surface area contributed by atoms with Crippen molar-refractivity contribution in [2.75, 3.05) is 25.5 Å². The van der Waals surface area contributed by atoms with Crippen LogP contribution < -0.4 is 5.32 Å². The largest absolute Gasteiger partial charge is 0.367 e. The number of hydrogen-bond acceptors (Lipinski definition) is 5. The molecule has 0 bridgehead atoms. The zero-order valence-electron chi connectivity index (χ0n) is 13.6. The van der Waals surface area contributed by atoms with Gasteiger partial charge in [-0.05, 0) is 64.4 Å². The molecule has 0 saturated carbocycles. The third kappa shape index (κ3) is 3.06. The standard InChI is InChI=1S/C18H23N5/c1-23-11-7-14(8-12-23)20-18-15-3-2-4-16(15)21-17(22-18)13-5-9-19-10-6-13/h5-6,9-10,14H,2-4,7-8,11-12H2,1H3,(H,20,21,22). The average Bonchev–Trinajstić information content (AvgIpc) is 3.06. The van der Waals surface area contributed by atoms with Crippen LogP contribution in [0.1, 0.15) is 30.5 Å². The molecule has 120 valence electrons. The molecule has 2 aromatic rings. The highest BCUT2D eigenvalue weighted by atomic mass is 15.1. The highest BCUT2D eigenvalue weighted by Gasteiger charge is 2.23. The topological polar surface area (TPSA) is 53.9 Å². The van der Waals surface area contributed by atoms with Crippen molar-refractivity contribution >= 4 is 5.82 Å². The first-order chi connectivity index (χ1) is 11.3. The fourth-order valence-corrected chi connectivity index (χ4v) is 3.53. The molecular formula is C18H23N5. The van der Waals surface area contributed by atoms with Gasteiger partial charge in [0.2, 0.25) is 0 Å². The highest BCUT2D eigenvalue weighted by molar-refractivity contribution is 5.60. The van der Waals surface area contributed by atoms with Gasteiger partial charge in [-0.25, -0.2) is 9.97 Å². The molecule has 0 spiro atoms. The van der Waals surface area contributed by atoms with Gasteiger partial charge in [-0.1, -0.05) is 0 Å². The Hall–Kier alpha value is -2.01. The fourth-order valence-electron chi connectivity index (χ4n) is 3.53. The Morgan fingerprint density at radius 3 is 2.65 bits per heavy atom. The molecule has 0 amide bonds. The lowest BCUT2D eigenvalue weighted by Gasteiger charge is -2.30. The van der Waals surface area contributed by atoms with Gasteiger partial charge >= 0.3 is 0 Å². The number of rotatable bonds is 3. The molecule has 2 aromatic heterocycles. The molecule has 0 aromatic carbocycles. The monoisotopic (exact) mass is 309 g/mol. The number of fused-ring (bicyclic) bond motifs is 1. The van der Waals surface area contributed by atoms with E-state index in [-0.39, 0.29) is 0 Å². The number of aryl methyl sites for hydroxylation is 1. The van der Waals surface area contributed by atoms with E-state index in [4.69, 9.17) is 9.97 Å². The fraction of sp³-hybridized carbons (Fsp3) is 0.500. The maximum Gasteiger partial charge on any atom is 0.161 e. The number of hydrogen-bond donors (Lipinski definition) is 1. The van der Waals surface area contributed by atoms with Crippen molar-refractivity contribution in [1.82, 2.24) is 19.9 Å². The summed E-state index contributed by atoms with van der Waals surface area (Å²) in [6, 6.07) is 4.49. The zero-order chi connectivity index (χ0) is 15.6. The maximum atomic E-state index is 4.86. The van der Waals surface area contributed by atoms with Crippen LogP contribution in [0.25, 0.3) is 11.4 Å². The molecule has 5 nitrogen and oxygen atoms in total. The highest BCUT2D eigenvalue weighted by Crippen LogP contribution is 2.30. The van der Waals surface area contributed by atoms with Crippen LogP contribution in [-0.2, 0) is 12.8 Å². The van der Waals surface area contributed by atoms with Crippen LogP contribution in [0.5, 0.6) is 0 Å². The number of piperidine rings is 1. The summed E-state index contributed by atoms with van der Waals surface area (Å²) in [4.78, 5) is 16.2. The molecule has 1 fully saturated rings. The number of likely N-dealkylation sites (tertiary alicyclic amines) is 1. The van der Waals surface area contributed by atoms with Crippen LogP contribution in [-0.4, -0.2) is 46.0 Å². The average molecular weight is 309 g/mol. The third-order valence-corrected chi connectivity index (χ3v) is 4.93. The van der Waals surface area contributed by atoms with Crippen molar-refractivity contribution < 1.29 is 0 Å². The molecular weight excluding hydrogens is 286 g/mol. The number of pyridine rings is 1. The second kappa shape index (κ2) is 6.24. The molecule has 0 atom stereocenters. The summed E-state index contributed by atoms with van der Waals surface area (Å²) >= 11 is 0. The number of nitrogens with zero attached hydrogens (tertiary/aromatic N) is 4. The quantitative estimate of drug-likeness (QED) is 0.944. The van der Waals surface area contributed by atoms with Gasteiger partial charge < -0.3 is 10.2 Å². The molecule has 1 aliphatic heterocycles. The summed E-state index contributed by atoms with van der Waals surface area (Å²) in [6.45, 7) is 2.31. The molecule has 1 saturated heterocycles. The second-order valence-electron chi connectivity index (χ2n) is 6.63. The van der Waals surface area contributed by atoms with Gasteiger partial charge in [-0.15, -0.1) is 0 Å². The van der Waals surface area contributed by atoms with Crippen molar-refractivity contribution in [3.63, 3.8) is 0 Å². The molecule has 5 heteroatoms. The summed E-state index contributed by atoms with van der Waals surface area (Å²) < 4.78 is 0. The van der Waals surface area contributed by atoms with Crippen LogP contribution in [0.4, 0.5) is 5.82 Å². The molecule has 23 heavy (non-hydrogen) atoms. The van der Waals surface area contributed by atoms with E-state index >= 15 is 0 Å². The Balaban J connectivity index is 1.64. The minimum atomic E-state index is 0.524. The van der Waals surface area contributed by atoms with Crippen molar-refractivity contribution in [3.8, 4) is 11.4 Å². The van der Waals surface area contributed by atoms with E-state index in [1.54, 1.807) is 12.4 Å². The normalized spacial score (nSPS) is 18.8. The van der Waals surface area contributed by atoms with Crippen LogP contribution in [0.3, 0.4) is 0 Å². The molecule has 1 aliphatic carbocycles. The van der Waals surface area contributed by atoms with Gasteiger partial charge in [-0.3, -0.25) is 4.98 Å². The van der Waals surface area contributed by atoms with E-state index in [2.05, 4.69) is 22.2 Å². The zero-order valence-corrected chi connectivity index (χ0v) is 13.6. The minimum absolute atomic E-state index is 0.524. The molecule has 4 rings (SSSR count). The van der Waals surface area contributed by atoms with Gasteiger partial charge in [-0.2, -0.15) is 0 Å². The van der Waals surface area contributed by atoms with Crippen molar-refractivity contribution in [1.29, 1.82) is 0 Å². The van der Waals surface area contributed by atoms with Crippen LogP contribution in [0.2, 0.25) is 0 Å². The van der Waals surface area contributed by atoms with E-state index in [9.17, 15) is 0 Å². The van der Waals surface area contributed by atoms with E-state index in [0.29, 0.717) is 6.04 Å². The lowest BCUT2D eigenvalue weighted by molar-refractivity contribution is 0.263. The van der Waals surface area contributed by atoms with Gasteiger partial charge in [0, 0.05) is 35.3 Å². The van der Waals surface area contributed by atoms with Gasteiger partial charge in [0.15, 0.2) is 5.82 Å². The van der Waals surface area contributed by atoms with Crippen LogP contribution in [0.15, 0.2) is 24.5 Å². The third-order valence-electron chi connectivity index (χ3n) is 4.93. The van der Waals surface area contributed by atoms with Crippen LogP contribution in [0, 0.1) is 0 Å². The van der Waals surface area contributed by atoms with E-state index in [1.807, 2.05) is 12.1 Å². The Bertz CT molecular complexity index is 677. The molecule has 0 radical (unpaired) electrons. The van der Waals surface area contributed by atoms with Gasteiger partial charge in [0.05, 0.1) is 0 Å².